The average molecular weight is 416 g/mol. The molecular formula is C21H18FNO3S2. The number of halogens is 1. The smallest absolute Gasteiger partial charge is 0.331 e. The molecule has 0 spiro atoms. The van der Waals surface area contributed by atoms with Gasteiger partial charge in [0.1, 0.15) is 5.82 Å². The Bertz CT molecular complexity index is 962. The first-order valence-electron chi connectivity index (χ1n) is 8.51. The van der Waals surface area contributed by atoms with E-state index in [4.69, 9.17) is 4.74 Å². The number of hydrogen-bond donors (Lipinski definition) is 1. The second-order valence-electron chi connectivity index (χ2n) is 5.96. The monoisotopic (exact) mass is 415 g/mol. The van der Waals surface area contributed by atoms with Crippen LogP contribution in [0.5, 0.6) is 0 Å². The summed E-state index contributed by atoms with van der Waals surface area (Å²) in [6.07, 6.45) is 2.96. The molecule has 1 N–H and O–H groups in total. The number of amides is 1. The number of hydrogen-bond acceptors (Lipinski definition) is 5. The van der Waals surface area contributed by atoms with Crippen molar-refractivity contribution in [1.29, 1.82) is 0 Å². The highest BCUT2D eigenvalue weighted by Gasteiger charge is 2.18. The van der Waals surface area contributed by atoms with Crippen LogP contribution < -0.4 is 5.32 Å². The fraction of sp³-hybridized carbons (Fsp3) is 0.143. The van der Waals surface area contributed by atoms with E-state index in [-0.39, 0.29) is 5.82 Å². The lowest BCUT2D eigenvalue weighted by atomic mass is 10.1. The quantitative estimate of drug-likeness (QED) is 0.449. The Morgan fingerprint density at radius 1 is 1.18 bits per heavy atom. The summed E-state index contributed by atoms with van der Waals surface area (Å²) < 4.78 is 18.2. The normalized spacial score (nSPS) is 12.1. The maximum Gasteiger partial charge on any atom is 0.331 e. The molecule has 0 fully saturated rings. The van der Waals surface area contributed by atoms with Gasteiger partial charge in [0.25, 0.3) is 5.91 Å². The molecule has 0 unspecified atom stereocenters. The van der Waals surface area contributed by atoms with Crippen molar-refractivity contribution in [2.24, 2.45) is 0 Å². The van der Waals surface area contributed by atoms with Crippen LogP contribution in [0.1, 0.15) is 26.2 Å². The zero-order valence-electron chi connectivity index (χ0n) is 15.1. The van der Waals surface area contributed by atoms with Crippen molar-refractivity contribution in [3.8, 4) is 0 Å². The molecule has 4 nitrogen and oxygen atoms in total. The van der Waals surface area contributed by atoms with Crippen LogP contribution in [0.15, 0.2) is 60.0 Å². The second-order valence-corrected chi connectivity index (χ2v) is 8.26. The Morgan fingerprint density at radius 2 is 1.96 bits per heavy atom. The number of aryl methyl sites for hydroxylation is 1. The molecule has 0 saturated heterocycles. The second kappa shape index (κ2) is 9.43. The minimum Gasteiger partial charge on any atom is -0.452 e. The highest BCUT2D eigenvalue weighted by atomic mass is 32.1. The summed E-state index contributed by atoms with van der Waals surface area (Å²) in [5.74, 6) is -1.37. The Labute approximate surface area is 170 Å². The number of esters is 1. The topological polar surface area (TPSA) is 55.4 Å². The minimum absolute atomic E-state index is 0.346. The van der Waals surface area contributed by atoms with Crippen molar-refractivity contribution >= 4 is 40.6 Å². The van der Waals surface area contributed by atoms with Gasteiger partial charge in [0.2, 0.25) is 0 Å². The fourth-order valence-corrected chi connectivity index (χ4v) is 4.09. The van der Waals surface area contributed by atoms with Gasteiger partial charge < -0.3 is 10.1 Å². The van der Waals surface area contributed by atoms with Crippen molar-refractivity contribution in [3.63, 3.8) is 0 Å². The molecule has 0 radical (unpaired) electrons. The third-order valence-corrected chi connectivity index (χ3v) is 5.73. The number of benzene rings is 1. The Morgan fingerprint density at radius 3 is 2.61 bits per heavy atom. The van der Waals surface area contributed by atoms with E-state index >= 15 is 0 Å². The van der Waals surface area contributed by atoms with Crippen molar-refractivity contribution in [2.75, 3.05) is 6.61 Å². The molecule has 1 aromatic carbocycles. The molecule has 0 aliphatic rings. The standard InChI is InChI=1S/C21H18FNO3S2/c1-14-4-9-17(28-14)10-11-20(25)26-13-19(24)23-21(18-3-2-12-27-18)15-5-7-16(22)8-6-15/h2-12,21H,13H2,1H3,(H,23,24)/b11-10+/t21-/m1/s1. The first-order valence-corrected chi connectivity index (χ1v) is 10.2. The van der Waals surface area contributed by atoms with Gasteiger partial charge >= 0.3 is 5.97 Å². The van der Waals surface area contributed by atoms with Crippen LogP contribution in [-0.2, 0) is 14.3 Å². The number of thiophene rings is 2. The highest BCUT2D eigenvalue weighted by molar-refractivity contribution is 7.12. The average Bonchev–Trinajstić information content (AvgIpc) is 3.35. The zero-order chi connectivity index (χ0) is 19.9. The Balaban J connectivity index is 1.58. The van der Waals surface area contributed by atoms with Crippen molar-refractivity contribution in [2.45, 2.75) is 13.0 Å². The lowest BCUT2D eigenvalue weighted by Gasteiger charge is -2.18. The maximum absolute atomic E-state index is 13.2. The number of ether oxygens (including phenoxy) is 1. The molecule has 2 heterocycles. The maximum atomic E-state index is 13.2. The summed E-state index contributed by atoms with van der Waals surface area (Å²) in [4.78, 5) is 27.1. The van der Waals surface area contributed by atoms with Crippen molar-refractivity contribution in [1.82, 2.24) is 5.32 Å². The SMILES string of the molecule is Cc1ccc(/C=C/C(=O)OCC(=O)N[C@H](c2ccc(F)cc2)c2cccs2)s1. The van der Waals surface area contributed by atoms with E-state index < -0.39 is 24.5 Å². The van der Waals surface area contributed by atoms with E-state index in [1.54, 1.807) is 29.5 Å². The zero-order valence-corrected chi connectivity index (χ0v) is 16.7. The third kappa shape index (κ3) is 5.61. The van der Waals surface area contributed by atoms with Gasteiger partial charge in [0, 0.05) is 20.7 Å². The largest absolute Gasteiger partial charge is 0.452 e. The van der Waals surface area contributed by atoms with Crippen LogP contribution in [0.25, 0.3) is 6.08 Å². The Kier molecular flexibility index (Phi) is 6.73. The van der Waals surface area contributed by atoms with Crippen molar-refractivity contribution in [3.05, 3.63) is 86.0 Å². The van der Waals surface area contributed by atoms with Gasteiger partial charge in [-0.1, -0.05) is 18.2 Å². The molecular weight excluding hydrogens is 397 g/mol. The van der Waals surface area contributed by atoms with Crippen LogP contribution in [0.4, 0.5) is 4.39 Å². The third-order valence-electron chi connectivity index (χ3n) is 3.83. The van der Waals surface area contributed by atoms with Crippen LogP contribution >= 0.6 is 22.7 Å². The van der Waals surface area contributed by atoms with Crippen LogP contribution in [0, 0.1) is 12.7 Å². The van der Waals surface area contributed by atoms with Gasteiger partial charge in [-0.15, -0.1) is 22.7 Å². The van der Waals surface area contributed by atoms with Crippen LogP contribution in [0.2, 0.25) is 0 Å². The van der Waals surface area contributed by atoms with E-state index in [1.807, 2.05) is 36.6 Å². The van der Waals surface area contributed by atoms with E-state index in [1.165, 1.54) is 29.5 Å². The number of carbonyl (C=O) groups excluding carboxylic acids is 2. The van der Waals surface area contributed by atoms with E-state index in [0.717, 1.165) is 20.2 Å². The molecule has 1 atom stereocenters. The fourth-order valence-electron chi connectivity index (χ4n) is 2.51. The van der Waals surface area contributed by atoms with Crippen LogP contribution in [0.3, 0.4) is 0 Å². The summed E-state index contributed by atoms with van der Waals surface area (Å²) in [5, 5.41) is 4.74. The summed E-state index contributed by atoms with van der Waals surface area (Å²) in [6, 6.07) is 13.1. The molecule has 1 amide bonds. The summed E-state index contributed by atoms with van der Waals surface area (Å²) in [7, 11) is 0. The summed E-state index contributed by atoms with van der Waals surface area (Å²) in [5.41, 5.74) is 0.747. The first-order chi connectivity index (χ1) is 13.5. The molecule has 0 aliphatic heterocycles. The molecule has 7 heteroatoms. The molecule has 2 aromatic heterocycles. The number of rotatable bonds is 7. The minimum atomic E-state index is -0.587. The van der Waals surface area contributed by atoms with Crippen LogP contribution in [-0.4, -0.2) is 18.5 Å². The molecule has 0 aliphatic carbocycles. The van der Waals surface area contributed by atoms with Crippen molar-refractivity contribution < 1.29 is 18.7 Å². The lowest BCUT2D eigenvalue weighted by molar-refractivity contribution is -0.143. The van der Waals surface area contributed by atoms with Gasteiger partial charge in [-0.2, -0.15) is 0 Å². The predicted octanol–water partition coefficient (Wildman–Crippen LogP) is 4.72. The van der Waals surface area contributed by atoms with Gasteiger partial charge in [-0.05, 0) is 54.3 Å². The number of nitrogens with one attached hydrogen (secondary N) is 1. The van der Waals surface area contributed by atoms with Gasteiger partial charge in [0.15, 0.2) is 6.61 Å². The van der Waals surface area contributed by atoms with E-state index in [0.29, 0.717) is 0 Å². The molecule has 0 saturated carbocycles. The first kappa shape index (κ1) is 20.0. The number of carbonyl (C=O) groups is 2. The molecule has 28 heavy (non-hydrogen) atoms. The van der Waals surface area contributed by atoms with E-state index in [9.17, 15) is 14.0 Å². The highest BCUT2D eigenvalue weighted by Crippen LogP contribution is 2.26. The van der Waals surface area contributed by atoms with E-state index in [2.05, 4.69) is 5.32 Å². The summed E-state index contributed by atoms with van der Waals surface area (Å²) in [6.45, 7) is 1.59. The predicted molar refractivity (Wildman–Crippen MR) is 110 cm³/mol. The van der Waals surface area contributed by atoms with Gasteiger partial charge in [-0.25, -0.2) is 9.18 Å². The molecule has 144 valence electrons. The summed E-state index contributed by atoms with van der Waals surface area (Å²) >= 11 is 3.04. The molecule has 3 rings (SSSR count). The molecule has 0 bridgehead atoms. The van der Waals surface area contributed by atoms with Gasteiger partial charge in [0.05, 0.1) is 6.04 Å². The molecule has 3 aromatic rings. The Hall–Kier alpha value is -2.77. The van der Waals surface area contributed by atoms with Gasteiger partial charge in [-0.3, -0.25) is 4.79 Å². The lowest BCUT2D eigenvalue weighted by Crippen LogP contribution is -2.32.